The number of hydrogen-bond donors (Lipinski definition) is 1. The second-order valence-electron chi connectivity index (χ2n) is 5.89. The van der Waals surface area contributed by atoms with E-state index in [0.717, 1.165) is 0 Å². The Morgan fingerprint density at radius 1 is 1.41 bits per heavy atom. The fraction of sp³-hybridized carbons (Fsp3) is 0.529. The van der Waals surface area contributed by atoms with Crippen molar-refractivity contribution in [1.82, 2.24) is 5.32 Å². The Kier molecular flexibility index (Phi) is 7.86. The number of amides is 1. The summed E-state index contributed by atoms with van der Waals surface area (Å²) in [5.74, 6) is -0.432. The number of thioether (sulfide) groups is 1. The van der Waals surface area contributed by atoms with E-state index in [1.54, 1.807) is 17.8 Å². The van der Waals surface area contributed by atoms with E-state index in [1.165, 1.54) is 19.2 Å². The maximum atomic E-state index is 12.9. The molecule has 1 atom stereocenters. The van der Waals surface area contributed by atoms with Crippen molar-refractivity contribution >= 4 is 35.0 Å². The molecule has 1 aromatic carbocycles. The Morgan fingerprint density at radius 2 is 2.11 bits per heavy atom. The number of nitro groups is 1. The summed E-state index contributed by atoms with van der Waals surface area (Å²) in [6.07, 6.45) is 2.30. The van der Waals surface area contributed by atoms with Gasteiger partial charge in [-0.2, -0.15) is 11.8 Å². The summed E-state index contributed by atoms with van der Waals surface area (Å²) in [6, 6.07) is 3.36. The van der Waals surface area contributed by atoms with Gasteiger partial charge in [-0.05, 0) is 24.5 Å². The normalized spacial score (nSPS) is 15.1. The zero-order valence-corrected chi connectivity index (χ0v) is 16.1. The monoisotopic (exact) mass is 397 g/mol. The first-order chi connectivity index (χ1) is 13.0. The second kappa shape index (κ2) is 10.1. The molecule has 0 spiro atoms. The van der Waals surface area contributed by atoms with E-state index in [2.05, 4.69) is 5.32 Å². The zero-order valence-electron chi connectivity index (χ0n) is 15.3. The molecule has 0 unspecified atom stereocenters. The number of rotatable bonds is 8. The molecule has 0 radical (unpaired) electrons. The molecule has 0 aliphatic carbocycles. The number of carbonyl (C=O) groups excluding carboxylic acids is 2. The Labute approximate surface area is 161 Å². The predicted molar refractivity (Wildman–Crippen MR) is 102 cm³/mol. The first-order valence-electron chi connectivity index (χ1n) is 8.46. The smallest absolute Gasteiger partial charge is 0.328 e. The van der Waals surface area contributed by atoms with Crippen LogP contribution in [0.15, 0.2) is 18.2 Å². The topological polar surface area (TPSA) is 111 Å². The van der Waals surface area contributed by atoms with Gasteiger partial charge in [-0.3, -0.25) is 14.9 Å². The summed E-state index contributed by atoms with van der Waals surface area (Å²) in [7, 11) is 1.26. The van der Waals surface area contributed by atoms with Gasteiger partial charge in [0.1, 0.15) is 6.04 Å². The van der Waals surface area contributed by atoms with E-state index in [9.17, 15) is 19.7 Å². The van der Waals surface area contributed by atoms with Gasteiger partial charge in [0, 0.05) is 25.2 Å². The molecule has 148 valence electrons. The number of nitrogens with zero attached hydrogens (tertiary/aromatic N) is 2. The van der Waals surface area contributed by atoms with Crippen LogP contribution in [-0.4, -0.2) is 68.3 Å². The maximum absolute atomic E-state index is 12.9. The molecule has 1 aliphatic rings. The predicted octanol–water partition coefficient (Wildman–Crippen LogP) is 1.46. The van der Waals surface area contributed by atoms with Crippen LogP contribution in [0.1, 0.15) is 16.8 Å². The van der Waals surface area contributed by atoms with Crippen LogP contribution in [0.3, 0.4) is 0 Å². The van der Waals surface area contributed by atoms with Crippen molar-refractivity contribution in [2.45, 2.75) is 12.5 Å². The lowest BCUT2D eigenvalue weighted by atomic mass is 10.1. The number of anilines is 1. The van der Waals surface area contributed by atoms with Gasteiger partial charge in [0.15, 0.2) is 0 Å². The number of nitrogens with one attached hydrogen (secondary N) is 1. The minimum Gasteiger partial charge on any atom is -0.467 e. The van der Waals surface area contributed by atoms with Crippen molar-refractivity contribution in [3.63, 3.8) is 0 Å². The van der Waals surface area contributed by atoms with Crippen LogP contribution in [0.4, 0.5) is 11.4 Å². The number of esters is 1. The number of non-ortho nitro benzene ring substituents is 1. The number of ether oxygens (including phenoxy) is 2. The van der Waals surface area contributed by atoms with Gasteiger partial charge in [-0.25, -0.2) is 4.79 Å². The van der Waals surface area contributed by atoms with Crippen LogP contribution in [0.25, 0.3) is 0 Å². The minimum absolute atomic E-state index is 0.157. The highest BCUT2D eigenvalue weighted by atomic mass is 32.2. The largest absolute Gasteiger partial charge is 0.467 e. The highest BCUT2D eigenvalue weighted by Gasteiger charge is 2.26. The molecule has 9 nitrogen and oxygen atoms in total. The van der Waals surface area contributed by atoms with Crippen LogP contribution in [0, 0.1) is 10.1 Å². The molecule has 0 bridgehead atoms. The molecule has 2 rings (SSSR count). The van der Waals surface area contributed by atoms with Gasteiger partial charge in [0.2, 0.25) is 0 Å². The molecule has 1 N–H and O–H groups in total. The molecule has 10 heteroatoms. The minimum atomic E-state index is -0.813. The van der Waals surface area contributed by atoms with Crippen molar-refractivity contribution in [2.24, 2.45) is 0 Å². The number of methoxy groups -OCH3 is 1. The Bertz CT molecular complexity index is 693. The maximum Gasteiger partial charge on any atom is 0.328 e. The van der Waals surface area contributed by atoms with E-state index < -0.39 is 22.8 Å². The molecule has 1 heterocycles. The van der Waals surface area contributed by atoms with Crippen molar-refractivity contribution in [1.29, 1.82) is 0 Å². The molecule has 0 saturated carbocycles. The fourth-order valence-electron chi connectivity index (χ4n) is 2.76. The number of hydrogen-bond acceptors (Lipinski definition) is 8. The fourth-order valence-corrected chi connectivity index (χ4v) is 3.23. The van der Waals surface area contributed by atoms with E-state index in [1.807, 2.05) is 11.2 Å². The lowest BCUT2D eigenvalue weighted by Gasteiger charge is -2.30. The van der Waals surface area contributed by atoms with Gasteiger partial charge in [-0.15, -0.1) is 0 Å². The molecule has 1 aliphatic heterocycles. The second-order valence-corrected chi connectivity index (χ2v) is 6.87. The average molecular weight is 397 g/mol. The number of carbonyl (C=O) groups is 2. The molecule has 1 fully saturated rings. The van der Waals surface area contributed by atoms with Gasteiger partial charge >= 0.3 is 5.97 Å². The van der Waals surface area contributed by atoms with Crippen LogP contribution in [-0.2, 0) is 14.3 Å². The zero-order chi connectivity index (χ0) is 19.8. The van der Waals surface area contributed by atoms with E-state index in [0.29, 0.717) is 44.2 Å². The van der Waals surface area contributed by atoms with Gasteiger partial charge in [0.05, 0.1) is 36.5 Å². The summed E-state index contributed by atoms with van der Waals surface area (Å²) >= 11 is 1.54. The highest BCUT2D eigenvalue weighted by molar-refractivity contribution is 7.98. The molecule has 1 aromatic rings. The van der Waals surface area contributed by atoms with Crippen molar-refractivity contribution in [3.8, 4) is 0 Å². The van der Waals surface area contributed by atoms with Gasteiger partial charge in [0.25, 0.3) is 11.6 Å². The third kappa shape index (κ3) is 5.57. The van der Waals surface area contributed by atoms with E-state index in [-0.39, 0.29) is 11.3 Å². The van der Waals surface area contributed by atoms with Crippen LogP contribution < -0.4 is 10.2 Å². The molecule has 1 saturated heterocycles. The summed E-state index contributed by atoms with van der Waals surface area (Å²) in [5, 5.41) is 13.8. The average Bonchev–Trinajstić information content (AvgIpc) is 2.70. The van der Waals surface area contributed by atoms with Crippen molar-refractivity contribution in [3.05, 3.63) is 33.9 Å². The first kappa shape index (κ1) is 21.0. The number of morpholine rings is 1. The third-order valence-corrected chi connectivity index (χ3v) is 4.83. The lowest BCUT2D eigenvalue weighted by Crippen LogP contribution is -2.43. The number of benzene rings is 1. The first-order valence-corrected chi connectivity index (χ1v) is 9.86. The molecule has 0 aromatic heterocycles. The van der Waals surface area contributed by atoms with Crippen molar-refractivity contribution < 1.29 is 24.0 Å². The SMILES string of the molecule is COC(=O)[C@@H](CCSC)NC(=O)c1cc([N+](=O)[O-])ccc1N1CCOCC1. The Balaban J connectivity index is 2.31. The van der Waals surface area contributed by atoms with Crippen LogP contribution in [0.2, 0.25) is 0 Å². The van der Waals surface area contributed by atoms with Crippen LogP contribution >= 0.6 is 11.8 Å². The van der Waals surface area contributed by atoms with Gasteiger partial charge < -0.3 is 19.7 Å². The molecule has 27 heavy (non-hydrogen) atoms. The Morgan fingerprint density at radius 3 is 2.70 bits per heavy atom. The molecular weight excluding hydrogens is 374 g/mol. The highest BCUT2D eigenvalue weighted by Crippen LogP contribution is 2.26. The van der Waals surface area contributed by atoms with Crippen LogP contribution in [0.5, 0.6) is 0 Å². The lowest BCUT2D eigenvalue weighted by molar-refractivity contribution is -0.384. The quantitative estimate of drug-likeness (QED) is 0.399. The summed E-state index contributed by atoms with van der Waals surface area (Å²) < 4.78 is 10.1. The summed E-state index contributed by atoms with van der Waals surface area (Å²) in [6.45, 7) is 2.17. The van der Waals surface area contributed by atoms with E-state index >= 15 is 0 Å². The molecular formula is C17H23N3O6S. The standard InChI is InChI=1S/C17H23N3O6S/c1-25-17(22)14(5-10-27-2)18-16(21)13-11-12(20(23)24)3-4-15(13)19-6-8-26-9-7-19/h3-4,11,14H,5-10H2,1-2H3,(H,18,21)/t14-/m1/s1. The summed E-state index contributed by atoms with van der Waals surface area (Å²) in [5.41, 5.74) is 0.551. The number of nitro benzene ring substituents is 1. The Hall–Kier alpha value is -2.33. The third-order valence-electron chi connectivity index (χ3n) is 4.19. The molecule has 1 amide bonds. The van der Waals surface area contributed by atoms with Gasteiger partial charge in [-0.1, -0.05) is 0 Å². The van der Waals surface area contributed by atoms with Crippen molar-refractivity contribution in [2.75, 3.05) is 50.3 Å². The van der Waals surface area contributed by atoms with E-state index in [4.69, 9.17) is 9.47 Å². The summed E-state index contributed by atoms with van der Waals surface area (Å²) in [4.78, 5) is 37.4.